The molecule has 0 bridgehead atoms. The molecule has 0 aromatic heterocycles. The summed E-state index contributed by atoms with van der Waals surface area (Å²) in [5.41, 5.74) is 0. The maximum absolute atomic E-state index is 12.9. The van der Waals surface area contributed by atoms with E-state index in [0.29, 0.717) is 23.9 Å². The van der Waals surface area contributed by atoms with Crippen LogP contribution in [0.15, 0.2) is 60.8 Å². The molecule has 0 N–H and O–H groups in total. The Morgan fingerprint density at radius 2 is 0.713 bits per heavy atom. The number of likely N-dealkylation sites (N-methyl/N-ethyl adjacent to an activating group) is 1. The van der Waals surface area contributed by atoms with E-state index in [1.54, 1.807) is 0 Å². The van der Waals surface area contributed by atoms with E-state index in [2.05, 4.69) is 74.6 Å². The van der Waals surface area contributed by atoms with E-state index in [4.69, 9.17) is 18.9 Å². The second-order valence-corrected chi connectivity index (χ2v) is 24.1. The molecule has 9 nitrogen and oxygen atoms in total. The Kier molecular flexibility index (Phi) is 59.7. The number of ether oxygens (including phenoxy) is 4. The minimum atomic E-state index is -1.62. The normalized spacial score (nSPS) is 13.1. The monoisotopic (exact) mass is 1120 g/mol. The summed E-state index contributed by atoms with van der Waals surface area (Å²) in [5, 5.41) is 11.8. The zero-order valence-electron chi connectivity index (χ0n) is 53.2. The minimum absolute atomic E-state index is 0.150. The SMILES string of the molecule is CC/C=C\C/C=C\C/C=C\C/C=C\C/C=C\CCCCCCCCCCCCCCCCCCCCCC(=O)OC(COC(=O)CCCCCCCCCCCCCCCCCCCCCC)COC(OCC[N+](C)(C)C)C(=O)[O-]. The van der Waals surface area contributed by atoms with Crippen LogP contribution in [0.5, 0.6) is 0 Å². The number of carbonyl (C=O) groups is 3. The van der Waals surface area contributed by atoms with E-state index in [9.17, 15) is 19.5 Å². The number of aliphatic carboxylic acids is 1. The number of quaternary nitrogens is 1. The lowest BCUT2D eigenvalue weighted by Gasteiger charge is -2.26. The smallest absolute Gasteiger partial charge is 0.306 e. The number of allylic oxidation sites excluding steroid dienone is 10. The molecule has 0 fully saturated rings. The summed E-state index contributed by atoms with van der Waals surface area (Å²) in [4.78, 5) is 37.4. The van der Waals surface area contributed by atoms with Gasteiger partial charge in [0, 0.05) is 12.8 Å². The van der Waals surface area contributed by atoms with Gasteiger partial charge >= 0.3 is 11.9 Å². The molecule has 0 spiro atoms. The van der Waals surface area contributed by atoms with Crippen LogP contribution in [0.25, 0.3) is 0 Å². The molecular formula is C71H129NO8. The van der Waals surface area contributed by atoms with E-state index in [1.807, 2.05) is 21.1 Å². The molecule has 80 heavy (non-hydrogen) atoms. The molecule has 0 saturated heterocycles. The average molecular weight is 1120 g/mol. The number of unbranched alkanes of at least 4 members (excludes halogenated alkanes) is 38. The van der Waals surface area contributed by atoms with Gasteiger partial charge in [-0.05, 0) is 57.8 Å². The number of nitrogens with zero attached hydrogens (tertiary/aromatic N) is 1. The summed E-state index contributed by atoms with van der Waals surface area (Å²) in [6.07, 6.45) is 77.3. The highest BCUT2D eigenvalue weighted by atomic mass is 16.7. The van der Waals surface area contributed by atoms with Crippen LogP contribution >= 0.6 is 0 Å². The molecule has 0 radical (unpaired) electrons. The van der Waals surface area contributed by atoms with Gasteiger partial charge in [0.1, 0.15) is 13.2 Å². The standard InChI is InChI=1S/C71H129NO8/c1-6-8-10-12-14-16-18-20-22-24-26-28-29-30-31-32-33-34-35-36-37-38-39-40-41-42-44-46-48-50-52-54-56-58-60-62-69(74)80-67(66-79-71(70(75)76)77-64-63-72(3,4)5)65-78-68(73)61-59-57-55-53-51-49-47-45-43-27-25-23-21-19-17-15-13-11-9-7-2/h8,10,14,16,20,22,26,28,30-31,67,71H,6-7,9,11-13,15,17-19,21,23-25,27,29,32-66H2,1-5H3/b10-8-,16-14-,22-20-,28-26-,31-30-. The van der Waals surface area contributed by atoms with Crippen molar-refractivity contribution in [2.45, 2.75) is 328 Å². The van der Waals surface area contributed by atoms with Crippen molar-refractivity contribution < 1.29 is 42.9 Å². The molecule has 0 aromatic rings. The summed E-state index contributed by atoms with van der Waals surface area (Å²) in [6, 6.07) is 0. The Morgan fingerprint density at radius 3 is 1.06 bits per heavy atom. The van der Waals surface area contributed by atoms with Gasteiger partial charge in [-0.15, -0.1) is 0 Å². The molecule has 0 aliphatic heterocycles. The van der Waals surface area contributed by atoms with E-state index in [-0.39, 0.29) is 32.2 Å². The van der Waals surface area contributed by atoms with Gasteiger partial charge < -0.3 is 33.3 Å². The maximum atomic E-state index is 12.9. The third-order valence-electron chi connectivity index (χ3n) is 15.0. The number of carbonyl (C=O) groups excluding carboxylic acids is 3. The average Bonchev–Trinajstić information content (AvgIpc) is 3.43. The van der Waals surface area contributed by atoms with E-state index in [0.717, 1.165) is 64.2 Å². The summed E-state index contributed by atoms with van der Waals surface area (Å²) in [7, 11) is 5.94. The fraction of sp³-hybridized carbons (Fsp3) is 0.817. The van der Waals surface area contributed by atoms with Gasteiger partial charge in [-0.3, -0.25) is 9.59 Å². The number of carboxylic acids is 1. The number of hydrogen-bond acceptors (Lipinski definition) is 8. The largest absolute Gasteiger partial charge is 0.545 e. The Hall–Kier alpha value is -3.01. The van der Waals surface area contributed by atoms with Crippen molar-refractivity contribution in [3.05, 3.63) is 60.8 Å². The molecule has 9 heteroatoms. The van der Waals surface area contributed by atoms with Crippen LogP contribution in [0, 0.1) is 0 Å². The number of carboxylic acid groups (broad SMARTS) is 1. The van der Waals surface area contributed by atoms with E-state index >= 15 is 0 Å². The molecule has 2 unspecified atom stereocenters. The first-order valence-electron chi connectivity index (χ1n) is 33.9. The molecule has 2 atom stereocenters. The third kappa shape index (κ3) is 62.6. The van der Waals surface area contributed by atoms with E-state index < -0.39 is 24.3 Å². The van der Waals surface area contributed by atoms with Crippen molar-refractivity contribution in [2.75, 3.05) is 47.5 Å². The summed E-state index contributed by atoms with van der Waals surface area (Å²) in [6.45, 7) is 4.69. The molecular weight excluding hydrogens is 995 g/mol. The van der Waals surface area contributed by atoms with Crippen molar-refractivity contribution in [3.8, 4) is 0 Å². The minimum Gasteiger partial charge on any atom is -0.545 e. The predicted octanol–water partition coefficient (Wildman–Crippen LogP) is 19.4. The Morgan fingerprint density at radius 1 is 0.388 bits per heavy atom. The summed E-state index contributed by atoms with van der Waals surface area (Å²) in [5.74, 6) is -2.26. The number of hydrogen-bond donors (Lipinski definition) is 0. The lowest BCUT2D eigenvalue weighted by atomic mass is 10.0. The highest BCUT2D eigenvalue weighted by Gasteiger charge is 2.22. The molecule has 0 amide bonds. The molecule has 0 rings (SSSR count). The first-order valence-corrected chi connectivity index (χ1v) is 33.9. The van der Waals surface area contributed by atoms with Gasteiger partial charge in [-0.2, -0.15) is 0 Å². The van der Waals surface area contributed by atoms with Crippen LogP contribution in [-0.2, 0) is 33.3 Å². The van der Waals surface area contributed by atoms with Crippen LogP contribution in [-0.4, -0.2) is 82.3 Å². The van der Waals surface area contributed by atoms with Crippen molar-refractivity contribution in [1.29, 1.82) is 0 Å². The lowest BCUT2D eigenvalue weighted by Crippen LogP contribution is -2.44. The highest BCUT2D eigenvalue weighted by molar-refractivity contribution is 5.70. The van der Waals surface area contributed by atoms with Crippen molar-refractivity contribution in [3.63, 3.8) is 0 Å². The maximum Gasteiger partial charge on any atom is 0.306 e. The molecule has 0 heterocycles. The van der Waals surface area contributed by atoms with Gasteiger partial charge in [0.25, 0.3) is 0 Å². The quantitative estimate of drug-likeness (QED) is 0.0195. The van der Waals surface area contributed by atoms with Crippen molar-refractivity contribution in [2.24, 2.45) is 0 Å². The summed E-state index contributed by atoms with van der Waals surface area (Å²) < 4.78 is 22.8. The molecule has 466 valence electrons. The Labute approximate surface area is 495 Å². The fourth-order valence-corrected chi connectivity index (χ4v) is 9.86. The second-order valence-electron chi connectivity index (χ2n) is 24.1. The van der Waals surface area contributed by atoms with Gasteiger partial charge in [-0.1, -0.05) is 306 Å². The summed E-state index contributed by atoms with van der Waals surface area (Å²) >= 11 is 0. The first-order chi connectivity index (χ1) is 39.1. The first kappa shape index (κ1) is 77.0. The van der Waals surface area contributed by atoms with Crippen molar-refractivity contribution >= 4 is 17.9 Å². The second kappa shape index (κ2) is 62.0. The van der Waals surface area contributed by atoms with E-state index in [1.165, 1.54) is 218 Å². The number of rotatable bonds is 63. The van der Waals surface area contributed by atoms with Crippen LogP contribution in [0.4, 0.5) is 0 Å². The van der Waals surface area contributed by atoms with Crippen LogP contribution < -0.4 is 5.11 Å². The molecule has 0 aliphatic carbocycles. The highest BCUT2D eigenvalue weighted by Crippen LogP contribution is 2.18. The third-order valence-corrected chi connectivity index (χ3v) is 15.0. The van der Waals surface area contributed by atoms with Gasteiger partial charge in [-0.25, -0.2) is 0 Å². The van der Waals surface area contributed by atoms with Gasteiger partial charge in [0.05, 0.1) is 40.3 Å². The van der Waals surface area contributed by atoms with Gasteiger partial charge in [0.15, 0.2) is 12.4 Å². The fourth-order valence-electron chi connectivity index (χ4n) is 9.86. The number of esters is 2. The zero-order chi connectivity index (χ0) is 58.3. The molecule has 0 aromatic carbocycles. The topological polar surface area (TPSA) is 111 Å². The Balaban J connectivity index is 4.05. The van der Waals surface area contributed by atoms with Crippen LogP contribution in [0.2, 0.25) is 0 Å². The Bertz CT molecular complexity index is 1500. The van der Waals surface area contributed by atoms with Crippen molar-refractivity contribution in [1.82, 2.24) is 0 Å². The van der Waals surface area contributed by atoms with Crippen LogP contribution in [0.1, 0.15) is 316 Å². The van der Waals surface area contributed by atoms with Gasteiger partial charge in [0.2, 0.25) is 0 Å². The zero-order valence-corrected chi connectivity index (χ0v) is 53.2. The van der Waals surface area contributed by atoms with Crippen LogP contribution in [0.3, 0.4) is 0 Å². The lowest BCUT2D eigenvalue weighted by molar-refractivity contribution is -0.870. The predicted molar refractivity (Wildman–Crippen MR) is 338 cm³/mol. The molecule has 0 aliphatic rings. The molecule has 0 saturated carbocycles.